The minimum absolute atomic E-state index is 0.0947. The molecule has 0 bridgehead atoms. The van der Waals surface area contributed by atoms with E-state index in [4.69, 9.17) is 14.2 Å². The third kappa shape index (κ3) is 51.8. The molecule has 1 atom stereocenters. The zero-order valence-electron chi connectivity index (χ0n) is 43.4. The lowest BCUT2D eigenvalue weighted by Gasteiger charge is -2.18. The maximum Gasteiger partial charge on any atom is 0.306 e. The van der Waals surface area contributed by atoms with Gasteiger partial charge in [-0.05, 0) is 89.9 Å². The number of ether oxygens (including phenoxy) is 3. The van der Waals surface area contributed by atoms with Crippen LogP contribution in [0, 0.1) is 0 Å². The van der Waals surface area contributed by atoms with Crippen LogP contribution < -0.4 is 0 Å². The Balaban J connectivity index is 4.43. The molecule has 0 spiro atoms. The van der Waals surface area contributed by atoms with Gasteiger partial charge in [-0.2, -0.15) is 0 Å². The molecule has 0 saturated carbocycles. The van der Waals surface area contributed by atoms with E-state index in [0.29, 0.717) is 19.3 Å². The molecule has 0 unspecified atom stereocenters. The molecular weight excluding hydrogens is 817 g/mol. The minimum Gasteiger partial charge on any atom is -0.462 e. The van der Waals surface area contributed by atoms with Gasteiger partial charge in [0.25, 0.3) is 0 Å². The van der Waals surface area contributed by atoms with Crippen molar-refractivity contribution in [2.75, 3.05) is 13.2 Å². The van der Waals surface area contributed by atoms with E-state index in [1.807, 2.05) is 0 Å². The molecule has 0 aromatic rings. The largest absolute Gasteiger partial charge is 0.462 e. The summed E-state index contributed by atoms with van der Waals surface area (Å²) in [7, 11) is 0. The van der Waals surface area contributed by atoms with Gasteiger partial charge in [-0.3, -0.25) is 14.4 Å². The Morgan fingerprint density at radius 2 is 0.591 bits per heavy atom. The van der Waals surface area contributed by atoms with E-state index < -0.39 is 6.10 Å². The molecule has 0 fully saturated rings. The molecule has 0 aliphatic carbocycles. The topological polar surface area (TPSA) is 78.9 Å². The second-order valence-corrected chi connectivity index (χ2v) is 18.5. The lowest BCUT2D eigenvalue weighted by atomic mass is 10.0. The molecule has 0 N–H and O–H groups in total. The second kappa shape index (κ2) is 54.5. The SMILES string of the molecule is CC/C=C\C/C=C\C/C=C\C/C=C\CCCCC(=O)O[C@H](COC(=O)CCCCCCC/C=C\C/C=C\CCCCC)COC(=O)CCCCCCCCCCCCCCCCCCCC. The molecule has 6 heteroatoms. The minimum atomic E-state index is -0.801. The number of esters is 3. The number of rotatable bonds is 50. The summed E-state index contributed by atoms with van der Waals surface area (Å²) >= 11 is 0. The molecule has 66 heavy (non-hydrogen) atoms. The highest BCUT2D eigenvalue weighted by atomic mass is 16.6. The lowest BCUT2D eigenvalue weighted by Crippen LogP contribution is -2.30. The fourth-order valence-corrected chi connectivity index (χ4v) is 7.76. The highest BCUT2D eigenvalue weighted by Gasteiger charge is 2.19. The van der Waals surface area contributed by atoms with Crippen molar-refractivity contribution in [1.82, 2.24) is 0 Å². The van der Waals surface area contributed by atoms with Crippen LogP contribution in [0.2, 0.25) is 0 Å². The monoisotopic (exact) mass is 921 g/mol. The van der Waals surface area contributed by atoms with Gasteiger partial charge >= 0.3 is 17.9 Å². The molecule has 0 aliphatic rings. The summed E-state index contributed by atoms with van der Waals surface area (Å²) in [5.74, 6) is -0.943. The van der Waals surface area contributed by atoms with Gasteiger partial charge < -0.3 is 14.2 Å². The number of unbranched alkanes of at least 4 members (excludes halogenated alkanes) is 27. The summed E-state index contributed by atoms with van der Waals surface area (Å²) in [6.45, 7) is 6.47. The normalized spacial score (nSPS) is 12.6. The molecule has 0 radical (unpaired) electrons. The van der Waals surface area contributed by atoms with E-state index in [9.17, 15) is 14.4 Å². The summed E-state index contributed by atoms with van der Waals surface area (Å²) < 4.78 is 16.8. The van der Waals surface area contributed by atoms with Gasteiger partial charge in [0.15, 0.2) is 6.10 Å². The van der Waals surface area contributed by atoms with Gasteiger partial charge in [-0.1, -0.05) is 235 Å². The molecular formula is C60H104O6. The van der Waals surface area contributed by atoms with Crippen molar-refractivity contribution in [2.45, 2.75) is 277 Å². The van der Waals surface area contributed by atoms with Gasteiger partial charge in [-0.15, -0.1) is 0 Å². The van der Waals surface area contributed by atoms with Crippen molar-refractivity contribution in [1.29, 1.82) is 0 Å². The third-order valence-electron chi connectivity index (χ3n) is 11.9. The highest BCUT2D eigenvalue weighted by Crippen LogP contribution is 2.16. The second-order valence-electron chi connectivity index (χ2n) is 18.5. The smallest absolute Gasteiger partial charge is 0.306 e. The Bertz CT molecular complexity index is 1240. The summed E-state index contributed by atoms with van der Waals surface area (Å²) in [4.78, 5) is 38.1. The molecule has 6 nitrogen and oxygen atoms in total. The van der Waals surface area contributed by atoms with Crippen LogP contribution in [0.15, 0.2) is 72.9 Å². The highest BCUT2D eigenvalue weighted by molar-refractivity contribution is 5.71. The Morgan fingerprint density at radius 1 is 0.318 bits per heavy atom. The number of carbonyl (C=O) groups is 3. The van der Waals surface area contributed by atoms with E-state index in [0.717, 1.165) is 103 Å². The lowest BCUT2D eigenvalue weighted by molar-refractivity contribution is -0.167. The maximum absolute atomic E-state index is 12.8. The van der Waals surface area contributed by atoms with E-state index in [1.165, 1.54) is 122 Å². The first-order valence-electron chi connectivity index (χ1n) is 27.9. The fraction of sp³-hybridized carbons (Fsp3) is 0.750. The Labute approximate surface area is 408 Å². The first-order valence-corrected chi connectivity index (χ1v) is 27.9. The third-order valence-corrected chi connectivity index (χ3v) is 11.9. The molecule has 0 rings (SSSR count). The van der Waals surface area contributed by atoms with Crippen LogP contribution in [0.4, 0.5) is 0 Å². The molecule has 0 aromatic carbocycles. The van der Waals surface area contributed by atoms with Crippen LogP contribution in [0.5, 0.6) is 0 Å². The molecule has 0 saturated heterocycles. The van der Waals surface area contributed by atoms with Gasteiger partial charge in [0.1, 0.15) is 13.2 Å². The Morgan fingerprint density at radius 3 is 0.985 bits per heavy atom. The quantitative estimate of drug-likeness (QED) is 0.0262. The number of allylic oxidation sites excluding steroid dienone is 12. The number of carbonyl (C=O) groups excluding carboxylic acids is 3. The first kappa shape index (κ1) is 62.8. The van der Waals surface area contributed by atoms with Crippen molar-refractivity contribution in [3.63, 3.8) is 0 Å². The molecule has 0 amide bonds. The van der Waals surface area contributed by atoms with Crippen LogP contribution in [0.25, 0.3) is 0 Å². The van der Waals surface area contributed by atoms with Gasteiger partial charge in [0.2, 0.25) is 0 Å². The maximum atomic E-state index is 12.8. The van der Waals surface area contributed by atoms with Crippen LogP contribution in [0.3, 0.4) is 0 Å². The van der Waals surface area contributed by atoms with Crippen molar-refractivity contribution < 1.29 is 28.6 Å². The average molecular weight is 921 g/mol. The van der Waals surface area contributed by atoms with Crippen LogP contribution in [-0.4, -0.2) is 37.2 Å². The standard InChI is InChI=1S/C60H104O6/c1-4-7-10-13-16-19-22-25-28-29-30-33-35-38-41-44-47-50-53-59(62)65-56-57(66-60(63)54-51-48-45-42-39-36-32-27-24-21-18-15-12-9-6-3)55-64-58(61)52-49-46-43-40-37-34-31-26-23-20-17-14-11-8-5-2/h9,12,17-18,20-21,26-27,31-32,39,42,57H,4-8,10-11,13-16,19,22-25,28-30,33-38,40-41,43-56H2,1-3H3/b12-9-,20-17-,21-18-,31-26-,32-27-,42-39-/t57-/m1/s1. The zero-order valence-corrected chi connectivity index (χ0v) is 43.4. The molecule has 0 heterocycles. The van der Waals surface area contributed by atoms with Crippen molar-refractivity contribution in [2.24, 2.45) is 0 Å². The number of hydrogen-bond donors (Lipinski definition) is 0. The van der Waals surface area contributed by atoms with E-state index in [-0.39, 0.29) is 37.5 Å². The predicted molar refractivity (Wildman–Crippen MR) is 284 cm³/mol. The fourth-order valence-electron chi connectivity index (χ4n) is 7.76. The van der Waals surface area contributed by atoms with E-state index >= 15 is 0 Å². The van der Waals surface area contributed by atoms with Crippen molar-refractivity contribution in [3.8, 4) is 0 Å². The van der Waals surface area contributed by atoms with Crippen molar-refractivity contribution in [3.05, 3.63) is 72.9 Å². The summed E-state index contributed by atoms with van der Waals surface area (Å²) in [5, 5.41) is 0. The zero-order chi connectivity index (χ0) is 47.9. The Hall–Kier alpha value is -3.15. The number of hydrogen-bond acceptors (Lipinski definition) is 6. The average Bonchev–Trinajstić information content (AvgIpc) is 3.31. The predicted octanol–water partition coefficient (Wildman–Crippen LogP) is 18.6. The van der Waals surface area contributed by atoms with Gasteiger partial charge in [0, 0.05) is 19.3 Å². The van der Waals surface area contributed by atoms with E-state index in [1.54, 1.807) is 0 Å². The Kier molecular flexibility index (Phi) is 51.9. The van der Waals surface area contributed by atoms with Crippen LogP contribution in [-0.2, 0) is 28.6 Å². The summed E-state index contributed by atoms with van der Waals surface area (Å²) in [6.07, 6.45) is 68.9. The van der Waals surface area contributed by atoms with Crippen LogP contribution >= 0.6 is 0 Å². The molecule has 0 aromatic heterocycles. The first-order chi connectivity index (χ1) is 32.5. The summed E-state index contributed by atoms with van der Waals surface area (Å²) in [5.41, 5.74) is 0. The van der Waals surface area contributed by atoms with Crippen molar-refractivity contribution >= 4 is 17.9 Å². The summed E-state index contributed by atoms with van der Waals surface area (Å²) in [6, 6.07) is 0. The van der Waals surface area contributed by atoms with Gasteiger partial charge in [-0.25, -0.2) is 0 Å². The van der Waals surface area contributed by atoms with E-state index in [2.05, 4.69) is 93.7 Å². The molecule has 380 valence electrons. The van der Waals surface area contributed by atoms with Crippen LogP contribution in [0.1, 0.15) is 271 Å². The molecule has 0 aliphatic heterocycles. The van der Waals surface area contributed by atoms with Gasteiger partial charge in [0.05, 0.1) is 0 Å².